The summed E-state index contributed by atoms with van der Waals surface area (Å²) in [6, 6.07) is 2.29. The number of hydrogen-bond donors (Lipinski definition) is 3. The Morgan fingerprint density at radius 3 is 1.67 bits per heavy atom. The number of alkyl halides is 3. The Kier molecular flexibility index (Phi) is 10.5. The summed E-state index contributed by atoms with van der Waals surface area (Å²) in [5.41, 5.74) is 3.73. The van der Waals surface area contributed by atoms with Gasteiger partial charge in [0.25, 0.3) is 0 Å². The molecule has 1 aromatic rings. The van der Waals surface area contributed by atoms with E-state index in [0.29, 0.717) is 10.6 Å². The van der Waals surface area contributed by atoms with Crippen LogP contribution in [-0.4, -0.2) is 48.0 Å². The van der Waals surface area contributed by atoms with Gasteiger partial charge in [-0.2, -0.15) is 13.2 Å². The van der Waals surface area contributed by atoms with Gasteiger partial charge in [0.15, 0.2) is 0 Å². The molecule has 0 unspecified atom stereocenters. The van der Waals surface area contributed by atoms with Crippen LogP contribution in [0.5, 0.6) is 0 Å². The Balaban J connectivity index is 2.73. The van der Waals surface area contributed by atoms with E-state index in [1.54, 1.807) is 41.5 Å². The molecule has 0 aliphatic rings. The number of thioether (sulfide) groups is 2. The van der Waals surface area contributed by atoms with E-state index < -0.39 is 35.1 Å². The van der Waals surface area contributed by atoms with Crippen molar-refractivity contribution in [3.05, 3.63) is 17.7 Å². The normalized spacial score (nSPS) is 12.3. The second-order valence-corrected chi connectivity index (χ2v) is 11.2. The lowest BCUT2D eigenvalue weighted by atomic mass is 10.2. The van der Waals surface area contributed by atoms with E-state index >= 15 is 0 Å². The molecule has 0 heterocycles. The minimum absolute atomic E-state index is 0.000762. The van der Waals surface area contributed by atoms with Crippen molar-refractivity contribution in [1.82, 2.24) is 10.6 Å². The van der Waals surface area contributed by atoms with Crippen molar-refractivity contribution in [3.63, 3.8) is 0 Å². The van der Waals surface area contributed by atoms with Crippen LogP contribution in [0.4, 0.5) is 28.4 Å². The number of hydrogen-bond acceptors (Lipinski definition) is 7. The lowest BCUT2D eigenvalue weighted by Crippen LogP contribution is -2.33. The monoisotopic (exact) mass is 511 g/mol. The molecule has 0 aliphatic heterocycles. The summed E-state index contributed by atoms with van der Waals surface area (Å²) < 4.78 is 50.7. The summed E-state index contributed by atoms with van der Waals surface area (Å²) in [5, 5.41) is 5.10. The molecule has 0 fully saturated rings. The van der Waals surface area contributed by atoms with Crippen LogP contribution in [0.1, 0.15) is 47.1 Å². The van der Waals surface area contributed by atoms with E-state index in [9.17, 15) is 22.8 Å². The molecule has 0 aromatic heterocycles. The maximum atomic E-state index is 13.5. The Morgan fingerprint density at radius 1 is 0.848 bits per heavy atom. The minimum Gasteiger partial charge on any atom is -0.444 e. The largest absolute Gasteiger partial charge is 0.444 e. The molecule has 0 saturated carbocycles. The smallest absolute Gasteiger partial charge is 0.417 e. The molecule has 7 nitrogen and oxygen atoms in total. The van der Waals surface area contributed by atoms with Gasteiger partial charge in [0.05, 0.1) is 5.56 Å². The molecule has 2 amide bonds. The number of halogens is 3. The molecular weight excluding hydrogens is 479 g/mol. The summed E-state index contributed by atoms with van der Waals surface area (Å²) in [6.45, 7) is 10.8. The summed E-state index contributed by atoms with van der Waals surface area (Å²) in [6.07, 6.45) is -5.78. The molecule has 0 aliphatic carbocycles. The van der Waals surface area contributed by atoms with E-state index in [2.05, 4.69) is 10.6 Å². The number of alkyl carbamates (subject to hydrolysis) is 2. The topological polar surface area (TPSA) is 103 Å². The first kappa shape index (κ1) is 29.1. The van der Waals surface area contributed by atoms with Gasteiger partial charge in [0.2, 0.25) is 0 Å². The molecule has 0 radical (unpaired) electrons. The molecule has 0 spiro atoms. The van der Waals surface area contributed by atoms with Crippen LogP contribution >= 0.6 is 23.5 Å². The van der Waals surface area contributed by atoms with Crippen LogP contribution in [0.25, 0.3) is 0 Å². The third-order valence-corrected chi connectivity index (χ3v) is 5.60. The zero-order chi connectivity index (χ0) is 25.4. The Hall–Kier alpha value is -1.95. The number of nitrogens with one attached hydrogen (secondary N) is 2. The van der Waals surface area contributed by atoms with Crippen LogP contribution in [-0.2, 0) is 15.7 Å². The summed E-state index contributed by atoms with van der Waals surface area (Å²) in [7, 11) is 0. The number of anilines is 1. The van der Waals surface area contributed by atoms with Gasteiger partial charge in [-0.3, -0.25) is 0 Å². The van der Waals surface area contributed by atoms with Crippen LogP contribution < -0.4 is 16.4 Å². The molecule has 0 atom stereocenters. The average molecular weight is 512 g/mol. The second kappa shape index (κ2) is 12.0. The van der Waals surface area contributed by atoms with Crippen molar-refractivity contribution in [1.29, 1.82) is 0 Å². The summed E-state index contributed by atoms with van der Waals surface area (Å²) >= 11 is 2.18. The first-order chi connectivity index (χ1) is 15.0. The van der Waals surface area contributed by atoms with Crippen LogP contribution in [0.15, 0.2) is 21.9 Å². The van der Waals surface area contributed by atoms with Crippen molar-refractivity contribution in [2.45, 2.75) is 68.7 Å². The van der Waals surface area contributed by atoms with Gasteiger partial charge in [-0.15, -0.1) is 23.5 Å². The lowest BCUT2D eigenvalue weighted by Gasteiger charge is -2.20. The fourth-order valence-corrected chi connectivity index (χ4v) is 4.18. The van der Waals surface area contributed by atoms with E-state index in [4.69, 9.17) is 15.2 Å². The Labute approximate surface area is 201 Å². The first-order valence-corrected chi connectivity index (χ1v) is 12.1. The maximum Gasteiger partial charge on any atom is 0.417 e. The van der Waals surface area contributed by atoms with Gasteiger partial charge in [-0.1, -0.05) is 0 Å². The first-order valence-electron chi connectivity index (χ1n) is 10.2. The zero-order valence-electron chi connectivity index (χ0n) is 19.6. The van der Waals surface area contributed by atoms with Gasteiger partial charge in [-0.25, -0.2) is 9.59 Å². The number of ether oxygens (including phenoxy) is 2. The van der Waals surface area contributed by atoms with Gasteiger partial charge in [0.1, 0.15) is 11.2 Å². The molecule has 0 bridgehead atoms. The molecule has 188 valence electrons. The van der Waals surface area contributed by atoms with Gasteiger partial charge >= 0.3 is 18.4 Å². The maximum absolute atomic E-state index is 13.5. The number of carbonyl (C=O) groups excluding carboxylic acids is 2. The highest BCUT2D eigenvalue weighted by atomic mass is 32.2. The molecule has 0 saturated heterocycles. The van der Waals surface area contributed by atoms with E-state index in [1.807, 2.05) is 0 Å². The van der Waals surface area contributed by atoms with Crippen LogP contribution in [0, 0.1) is 0 Å². The zero-order valence-corrected chi connectivity index (χ0v) is 21.3. The molecular formula is C21H32F3N3O4S2. The molecule has 1 aromatic carbocycles. The number of benzene rings is 1. The highest BCUT2D eigenvalue weighted by Crippen LogP contribution is 2.41. The number of carbonyl (C=O) groups is 2. The highest BCUT2D eigenvalue weighted by molar-refractivity contribution is 8.00. The predicted octanol–water partition coefficient (Wildman–Crippen LogP) is 5.52. The standard InChI is InChI=1S/C21H32F3N3O4S2/c1-19(2,3)30-17(28)26-7-9-32-15-12-16(14(25)11-13(15)21(22,23)24)33-10-8-27-18(29)31-20(4,5)6/h11-12H,7-10,25H2,1-6H3,(H,26,28)(H,27,29). The highest BCUT2D eigenvalue weighted by Gasteiger charge is 2.34. The van der Waals surface area contributed by atoms with Crippen LogP contribution in [0.3, 0.4) is 0 Å². The van der Waals surface area contributed by atoms with Crippen molar-refractivity contribution >= 4 is 41.4 Å². The summed E-state index contributed by atoms with van der Waals surface area (Å²) in [4.78, 5) is 23.8. The van der Waals surface area contributed by atoms with Crippen molar-refractivity contribution in [2.75, 3.05) is 30.3 Å². The number of rotatable bonds is 8. The second-order valence-electron chi connectivity index (χ2n) is 8.94. The molecule has 4 N–H and O–H groups in total. The Bertz CT molecular complexity index is 823. The number of nitrogens with two attached hydrogens (primary N) is 1. The van der Waals surface area contributed by atoms with Crippen LogP contribution in [0.2, 0.25) is 0 Å². The quantitative estimate of drug-likeness (QED) is 0.240. The fourth-order valence-electron chi connectivity index (χ4n) is 2.30. The molecule has 1 rings (SSSR count). The van der Waals surface area contributed by atoms with Crippen molar-refractivity contribution in [3.8, 4) is 0 Å². The van der Waals surface area contributed by atoms with Gasteiger partial charge < -0.3 is 25.8 Å². The van der Waals surface area contributed by atoms with Gasteiger partial charge in [-0.05, 0) is 53.7 Å². The Morgan fingerprint density at radius 2 is 1.27 bits per heavy atom. The average Bonchev–Trinajstić information content (AvgIpc) is 2.60. The van der Waals surface area contributed by atoms with Gasteiger partial charge in [0, 0.05) is 40.1 Å². The predicted molar refractivity (Wildman–Crippen MR) is 126 cm³/mol. The third-order valence-electron chi connectivity index (χ3n) is 3.47. The fraction of sp³-hybridized carbons (Fsp3) is 0.619. The number of nitrogen functional groups attached to an aromatic ring is 1. The van der Waals surface area contributed by atoms with E-state index in [-0.39, 0.29) is 29.4 Å². The minimum atomic E-state index is -4.57. The van der Waals surface area contributed by atoms with Crippen molar-refractivity contribution < 1.29 is 32.2 Å². The van der Waals surface area contributed by atoms with Crippen molar-refractivity contribution in [2.24, 2.45) is 0 Å². The molecule has 12 heteroatoms. The summed E-state index contributed by atoms with van der Waals surface area (Å²) in [5.74, 6) is 0.593. The lowest BCUT2D eigenvalue weighted by molar-refractivity contribution is -0.139. The number of amides is 2. The SMILES string of the molecule is CC(C)(C)OC(=O)NCCSc1cc(SCCNC(=O)OC(C)(C)C)c(C(F)(F)F)cc1N. The van der Waals surface area contributed by atoms with E-state index in [1.165, 1.54) is 17.8 Å². The van der Waals surface area contributed by atoms with E-state index in [0.717, 1.165) is 17.8 Å². The third kappa shape index (κ3) is 12.2. The molecule has 33 heavy (non-hydrogen) atoms.